The van der Waals surface area contributed by atoms with E-state index in [1.807, 2.05) is 11.0 Å². The Bertz CT molecular complexity index is 1370. The van der Waals surface area contributed by atoms with Crippen LogP contribution >= 0.6 is 22.9 Å². The summed E-state index contributed by atoms with van der Waals surface area (Å²) in [5.41, 5.74) is 1.80. The normalized spacial score (nSPS) is 16.8. The Kier molecular flexibility index (Phi) is 8.35. The molecule has 1 amide bonds. The molecule has 5 rings (SSSR count). The molecule has 1 saturated heterocycles. The Balaban J connectivity index is 1.19. The number of carbonyl (C=O) groups is 2. The number of hydrogen-bond acceptors (Lipinski definition) is 7. The molecule has 0 saturated carbocycles. The zero-order valence-electron chi connectivity index (χ0n) is 21.4. The number of rotatable bonds is 8. The van der Waals surface area contributed by atoms with E-state index in [2.05, 4.69) is 20.2 Å². The van der Waals surface area contributed by atoms with Gasteiger partial charge in [0.15, 0.2) is 0 Å². The van der Waals surface area contributed by atoms with Gasteiger partial charge in [-0.3, -0.25) is 9.69 Å². The summed E-state index contributed by atoms with van der Waals surface area (Å²) in [5.74, 6) is 1.12. The summed E-state index contributed by atoms with van der Waals surface area (Å²) in [7, 11) is 0. The van der Waals surface area contributed by atoms with E-state index in [-0.39, 0.29) is 16.7 Å². The number of carbonyl (C=O) groups excluding carboxylic acids is 2. The third-order valence-electron chi connectivity index (χ3n) is 7.37. The first-order valence-corrected chi connectivity index (χ1v) is 14.2. The van der Waals surface area contributed by atoms with E-state index in [4.69, 9.17) is 11.6 Å². The number of Topliss-reactive ketones (excluding diaryl/α,β-unsaturated/α-hetero) is 1. The van der Waals surface area contributed by atoms with Gasteiger partial charge in [0, 0.05) is 36.2 Å². The summed E-state index contributed by atoms with van der Waals surface area (Å²) in [6, 6.07) is 4.48. The van der Waals surface area contributed by atoms with Gasteiger partial charge in [-0.05, 0) is 75.4 Å². The predicted molar refractivity (Wildman–Crippen MR) is 149 cm³/mol. The van der Waals surface area contributed by atoms with Gasteiger partial charge in [0.05, 0.1) is 17.0 Å². The lowest BCUT2D eigenvalue weighted by Crippen LogP contribution is -2.35. The molecule has 0 bridgehead atoms. The second kappa shape index (κ2) is 11.9. The van der Waals surface area contributed by atoms with Crippen LogP contribution in [-0.4, -0.2) is 57.6 Å². The van der Waals surface area contributed by atoms with Crippen molar-refractivity contribution in [2.75, 3.05) is 31.5 Å². The van der Waals surface area contributed by atoms with E-state index < -0.39 is 5.82 Å². The maximum atomic E-state index is 13.6. The van der Waals surface area contributed by atoms with Crippen LogP contribution in [0.1, 0.15) is 43.0 Å². The number of likely N-dealkylation sites (tertiary alicyclic amines) is 1. The van der Waals surface area contributed by atoms with Crippen LogP contribution in [0.4, 0.5) is 15.9 Å². The number of piperidine rings is 1. The van der Waals surface area contributed by atoms with Crippen molar-refractivity contribution in [1.29, 1.82) is 0 Å². The minimum absolute atomic E-state index is 0.0230. The molecular formula is C28H31ClFN5O2S. The number of halogens is 2. The fourth-order valence-corrected chi connectivity index (χ4v) is 6.58. The van der Waals surface area contributed by atoms with Crippen LogP contribution in [0.25, 0.3) is 10.2 Å². The summed E-state index contributed by atoms with van der Waals surface area (Å²) in [5, 5.41) is 4.24. The SMILES string of the molecule is CC(=O)CCC1CCN(C/C=C/C(=O)N2CCc3c(sc4ncnc(Nc5ccc(F)c(Cl)c5)c34)C2)CC1. The van der Waals surface area contributed by atoms with Crippen molar-refractivity contribution in [3.63, 3.8) is 0 Å². The summed E-state index contributed by atoms with van der Waals surface area (Å²) < 4.78 is 13.6. The van der Waals surface area contributed by atoms with Gasteiger partial charge in [0.2, 0.25) is 5.91 Å². The number of fused-ring (bicyclic) bond motifs is 3. The van der Waals surface area contributed by atoms with Crippen LogP contribution in [0, 0.1) is 11.7 Å². The number of hydrogen-bond donors (Lipinski definition) is 1. The number of anilines is 2. The van der Waals surface area contributed by atoms with Gasteiger partial charge in [0.1, 0.15) is 28.6 Å². The van der Waals surface area contributed by atoms with Crippen LogP contribution in [0.2, 0.25) is 5.02 Å². The Morgan fingerprint density at radius 2 is 2.05 bits per heavy atom. The number of ketones is 1. The van der Waals surface area contributed by atoms with Crippen molar-refractivity contribution in [3.05, 3.63) is 58.0 Å². The van der Waals surface area contributed by atoms with E-state index in [0.717, 1.165) is 66.0 Å². The Morgan fingerprint density at radius 3 is 2.82 bits per heavy atom. The lowest BCUT2D eigenvalue weighted by atomic mass is 9.91. The first-order chi connectivity index (χ1) is 18.4. The van der Waals surface area contributed by atoms with Crippen LogP contribution < -0.4 is 5.32 Å². The molecule has 1 N–H and O–H groups in total. The average Bonchev–Trinajstić information content (AvgIpc) is 3.29. The standard InChI is InChI=1S/C28H31ClFN5O2S/c1-18(36)4-5-19-8-12-34(13-9-19)11-2-3-25(37)35-14-10-21-24(16-35)38-28-26(21)27(31-17-32-28)33-20-6-7-23(30)22(29)15-20/h2-3,6-7,15,17,19H,4-5,8-14,16H2,1H3,(H,31,32,33)/b3-2+. The van der Waals surface area contributed by atoms with Crippen LogP contribution in [0.15, 0.2) is 36.7 Å². The molecule has 0 unspecified atom stereocenters. The molecule has 2 aliphatic rings. The Labute approximate surface area is 230 Å². The van der Waals surface area contributed by atoms with E-state index in [0.29, 0.717) is 36.9 Å². The predicted octanol–water partition coefficient (Wildman–Crippen LogP) is 5.75. The van der Waals surface area contributed by atoms with Gasteiger partial charge in [-0.2, -0.15) is 0 Å². The molecule has 7 nitrogen and oxygen atoms in total. The zero-order chi connectivity index (χ0) is 26.6. The molecule has 0 radical (unpaired) electrons. The minimum Gasteiger partial charge on any atom is -0.340 e. The van der Waals surface area contributed by atoms with Crippen LogP contribution in [-0.2, 0) is 22.6 Å². The van der Waals surface area contributed by atoms with Crippen LogP contribution in [0.3, 0.4) is 0 Å². The third-order valence-corrected chi connectivity index (χ3v) is 8.78. The number of nitrogens with zero attached hydrogens (tertiary/aromatic N) is 4. The number of benzene rings is 1. The van der Waals surface area contributed by atoms with Crippen molar-refractivity contribution in [2.45, 2.75) is 45.6 Å². The average molecular weight is 556 g/mol. The summed E-state index contributed by atoms with van der Waals surface area (Å²) in [4.78, 5) is 39.3. The largest absolute Gasteiger partial charge is 0.340 e. The van der Waals surface area contributed by atoms with Crippen molar-refractivity contribution in [3.8, 4) is 0 Å². The van der Waals surface area contributed by atoms with Gasteiger partial charge < -0.3 is 15.0 Å². The number of nitrogens with one attached hydrogen (secondary N) is 1. The molecule has 200 valence electrons. The fraction of sp³-hybridized carbons (Fsp3) is 0.429. The van der Waals surface area contributed by atoms with Crippen LogP contribution in [0.5, 0.6) is 0 Å². The maximum absolute atomic E-state index is 13.6. The quantitative estimate of drug-likeness (QED) is 0.357. The molecular weight excluding hydrogens is 525 g/mol. The molecule has 3 aromatic rings. The van der Waals surface area contributed by atoms with E-state index in [9.17, 15) is 14.0 Å². The molecule has 1 fully saturated rings. The highest BCUT2D eigenvalue weighted by Crippen LogP contribution is 2.38. The lowest BCUT2D eigenvalue weighted by Gasteiger charge is -2.31. The van der Waals surface area contributed by atoms with Gasteiger partial charge in [-0.15, -0.1) is 11.3 Å². The lowest BCUT2D eigenvalue weighted by molar-refractivity contribution is -0.126. The van der Waals surface area contributed by atoms with Crippen molar-refractivity contribution in [2.24, 2.45) is 5.92 Å². The summed E-state index contributed by atoms with van der Waals surface area (Å²) in [6.45, 7) is 5.62. The Morgan fingerprint density at radius 1 is 1.24 bits per heavy atom. The summed E-state index contributed by atoms with van der Waals surface area (Å²) in [6.07, 6.45) is 9.81. The van der Waals surface area contributed by atoms with Gasteiger partial charge in [0.25, 0.3) is 0 Å². The van der Waals surface area contributed by atoms with Gasteiger partial charge in [-0.25, -0.2) is 14.4 Å². The fourth-order valence-electron chi connectivity index (χ4n) is 5.19. The highest BCUT2D eigenvalue weighted by atomic mass is 35.5. The zero-order valence-corrected chi connectivity index (χ0v) is 23.0. The smallest absolute Gasteiger partial charge is 0.246 e. The first-order valence-electron chi connectivity index (χ1n) is 13.0. The number of thiophene rings is 1. The maximum Gasteiger partial charge on any atom is 0.246 e. The molecule has 38 heavy (non-hydrogen) atoms. The first kappa shape index (κ1) is 26.7. The van der Waals surface area contributed by atoms with Crippen molar-refractivity contribution >= 4 is 56.4 Å². The minimum atomic E-state index is -0.470. The topological polar surface area (TPSA) is 78.4 Å². The van der Waals surface area contributed by atoms with E-state index in [1.54, 1.807) is 30.4 Å². The highest BCUT2D eigenvalue weighted by Gasteiger charge is 2.26. The van der Waals surface area contributed by atoms with E-state index >= 15 is 0 Å². The second-order valence-corrected chi connectivity index (χ2v) is 11.5. The summed E-state index contributed by atoms with van der Waals surface area (Å²) >= 11 is 7.52. The molecule has 0 aliphatic carbocycles. The molecule has 0 atom stereocenters. The van der Waals surface area contributed by atoms with Gasteiger partial charge >= 0.3 is 0 Å². The monoisotopic (exact) mass is 555 g/mol. The molecule has 0 spiro atoms. The van der Waals surface area contributed by atoms with Gasteiger partial charge in [-0.1, -0.05) is 17.7 Å². The number of amides is 1. The molecule has 4 heterocycles. The van der Waals surface area contributed by atoms with E-state index in [1.165, 1.54) is 18.5 Å². The molecule has 10 heteroatoms. The third kappa shape index (κ3) is 6.22. The molecule has 1 aromatic carbocycles. The number of aromatic nitrogens is 2. The highest BCUT2D eigenvalue weighted by molar-refractivity contribution is 7.19. The molecule has 2 aromatic heterocycles. The molecule has 2 aliphatic heterocycles. The second-order valence-electron chi connectivity index (χ2n) is 10.1. The van der Waals surface area contributed by atoms with Crippen molar-refractivity contribution < 1.29 is 14.0 Å². The Hall–Kier alpha value is -2.88. The van der Waals surface area contributed by atoms with Crippen molar-refractivity contribution in [1.82, 2.24) is 19.8 Å².